The van der Waals surface area contributed by atoms with E-state index < -0.39 is 0 Å². The number of carbonyl (C=O) groups excluding carboxylic acids is 2. The van der Waals surface area contributed by atoms with Crippen LogP contribution in [-0.2, 0) is 4.79 Å². The molecule has 114 valence electrons. The summed E-state index contributed by atoms with van der Waals surface area (Å²) in [6.07, 6.45) is 2.44. The van der Waals surface area contributed by atoms with Gasteiger partial charge in [0.05, 0.1) is 11.3 Å². The van der Waals surface area contributed by atoms with Gasteiger partial charge in [-0.15, -0.1) is 0 Å². The SMILES string of the molecule is CN(C)C(=O)c1ccc(Cl)cc1NC(=O)CC(N)C1CC1. The van der Waals surface area contributed by atoms with Crippen molar-refractivity contribution in [2.45, 2.75) is 25.3 Å². The van der Waals surface area contributed by atoms with Gasteiger partial charge in [0.25, 0.3) is 5.91 Å². The van der Waals surface area contributed by atoms with Gasteiger partial charge in [0.2, 0.25) is 5.91 Å². The third kappa shape index (κ3) is 4.19. The number of halogens is 1. The Morgan fingerprint density at radius 2 is 2.10 bits per heavy atom. The molecule has 1 unspecified atom stereocenters. The van der Waals surface area contributed by atoms with Crippen molar-refractivity contribution < 1.29 is 9.59 Å². The average molecular weight is 310 g/mol. The molecule has 0 saturated heterocycles. The summed E-state index contributed by atoms with van der Waals surface area (Å²) in [6, 6.07) is 4.71. The predicted molar refractivity (Wildman–Crippen MR) is 83.4 cm³/mol. The molecular weight excluding hydrogens is 290 g/mol. The number of benzene rings is 1. The number of hydrogen-bond acceptors (Lipinski definition) is 3. The van der Waals surface area contributed by atoms with E-state index in [-0.39, 0.29) is 24.3 Å². The summed E-state index contributed by atoms with van der Waals surface area (Å²) >= 11 is 5.95. The number of rotatable bonds is 5. The molecule has 0 aliphatic heterocycles. The minimum absolute atomic E-state index is 0.114. The van der Waals surface area contributed by atoms with Crippen molar-refractivity contribution in [3.63, 3.8) is 0 Å². The maximum absolute atomic E-state index is 12.1. The standard InChI is InChI=1S/C15H20ClN3O2/c1-19(2)15(21)11-6-5-10(16)7-13(11)18-14(20)8-12(17)9-3-4-9/h5-7,9,12H,3-4,8,17H2,1-2H3,(H,18,20). The van der Waals surface area contributed by atoms with Gasteiger partial charge in [-0.05, 0) is 37.0 Å². The highest BCUT2D eigenvalue weighted by molar-refractivity contribution is 6.31. The second-order valence-electron chi connectivity index (χ2n) is 5.64. The summed E-state index contributed by atoms with van der Waals surface area (Å²) < 4.78 is 0. The molecule has 0 spiro atoms. The lowest BCUT2D eigenvalue weighted by molar-refractivity contribution is -0.116. The third-order valence-corrected chi connectivity index (χ3v) is 3.78. The van der Waals surface area contributed by atoms with Crippen molar-refractivity contribution >= 4 is 29.1 Å². The van der Waals surface area contributed by atoms with Crippen LogP contribution in [-0.4, -0.2) is 36.9 Å². The lowest BCUT2D eigenvalue weighted by Gasteiger charge is -2.16. The largest absolute Gasteiger partial charge is 0.345 e. The first kappa shape index (κ1) is 15.8. The Labute approximate surface area is 129 Å². The molecule has 21 heavy (non-hydrogen) atoms. The second-order valence-corrected chi connectivity index (χ2v) is 6.08. The number of hydrogen-bond donors (Lipinski definition) is 2. The molecule has 3 N–H and O–H groups in total. The molecule has 1 atom stereocenters. The third-order valence-electron chi connectivity index (χ3n) is 3.54. The Morgan fingerprint density at radius 3 is 2.67 bits per heavy atom. The zero-order valence-corrected chi connectivity index (χ0v) is 13.0. The molecule has 2 amide bonds. The topological polar surface area (TPSA) is 75.4 Å². The lowest BCUT2D eigenvalue weighted by atomic mass is 10.1. The van der Waals surface area contributed by atoms with E-state index in [2.05, 4.69) is 5.32 Å². The smallest absolute Gasteiger partial charge is 0.255 e. The first-order valence-corrected chi connectivity index (χ1v) is 7.33. The molecule has 0 bridgehead atoms. The number of nitrogens with one attached hydrogen (secondary N) is 1. The molecule has 1 fully saturated rings. The van der Waals surface area contributed by atoms with Crippen LogP contribution in [0.2, 0.25) is 5.02 Å². The van der Waals surface area contributed by atoms with E-state index in [1.54, 1.807) is 32.3 Å². The van der Waals surface area contributed by atoms with Gasteiger partial charge < -0.3 is 16.0 Å². The summed E-state index contributed by atoms with van der Waals surface area (Å²) in [6.45, 7) is 0. The number of nitrogens with two attached hydrogens (primary N) is 1. The van der Waals surface area contributed by atoms with Crippen LogP contribution in [0.3, 0.4) is 0 Å². The first-order chi connectivity index (χ1) is 9.88. The quantitative estimate of drug-likeness (QED) is 0.874. The molecule has 0 aromatic heterocycles. The minimum Gasteiger partial charge on any atom is -0.345 e. The fourth-order valence-electron chi connectivity index (χ4n) is 2.15. The van der Waals surface area contributed by atoms with Gasteiger partial charge in [0, 0.05) is 31.6 Å². The van der Waals surface area contributed by atoms with E-state index in [0.29, 0.717) is 22.2 Å². The van der Waals surface area contributed by atoms with Gasteiger partial charge in [0.1, 0.15) is 0 Å². The second kappa shape index (κ2) is 6.45. The van der Waals surface area contributed by atoms with Crippen molar-refractivity contribution in [3.05, 3.63) is 28.8 Å². The summed E-state index contributed by atoms with van der Waals surface area (Å²) in [4.78, 5) is 25.6. The van der Waals surface area contributed by atoms with E-state index in [1.807, 2.05) is 0 Å². The molecule has 6 heteroatoms. The maximum atomic E-state index is 12.1. The van der Waals surface area contributed by atoms with Crippen LogP contribution in [0.15, 0.2) is 18.2 Å². The maximum Gasteiger partial charge on any atom is 0.255 e. The predicted octanol–water partition coefficient (Wildman–Crippen LogP) is 2.11. The fourth-order valence-corrected chi connectivity index (χ4v) is 2.33. The molecule has 1 aromatic carbocycles. The van der Waals surface area contributed by atoms with Crippen LogP contribution in [0.25, 0.3) is 0 Å². The van der Waals surface area contributed by atoms with Gasteiger partial charge in [-0.1, -0.05) is 11.6 Å². The van der Waals surface area contributed by atoms with Crippen molar-refractivity contribution in [3.8, 4) is 0 Å². The summed E-state index contributed by atoms with van der Waals surface area (Å²) in [7, 11) is 3.32. The van der Waals surface area contributed by atoms with E-state index in [0.717, 1.165) is 12.8 Å². The van der Waals surface area contributed by atoms with Gasteiger partial charge in [-0.25, -0.2) is 0 Å². The molecule has 0 radical (unpaired) electrons. The Bertz CT molecular complexity index is 556. The fraction of sp³-hybridized carbons (Fsp3) is 0.467. The molecule has 1 aliphatic rings. The number of carbonyl (C=O) groups is 2. The van der Waals surface area contributed by atoms with E-state index >= 15 is 0 Å². The van der Waals surface area contributed by atoms with Crippen LogP contribution >= 0.6 is 11.6 Å². The van der Waals surface area contributed by atoms with Crippen molar-refractivity contribution in [1.29, 1.82) is 0 Å². The minimum atomic E-state index is -0.190. The zero-order valence-electron chi connectivity index (χ0n) is 12.2. The first-order valence-electron chi connectivity index (χ1n) is 6.95. The monoisotopic (exact) mass is 309 g/mol. The number of anilines is 1. The van der Waals surface area contributed by atoms with Crippen molar-refractivity contribution in [1.82, 2.24) is 4.90 Å². The summed E-state index contributed by atoms with van der Waals surface area (Å²) in [5.41, 5.74) is 6.79. The summed E-state index contributed by atoms with van der Waals surface area (Å²) in [5.74, 6) is 0.0796. The molecule has 1 saturated carbocycles. The average Bonchev–Trinajstić information content (AvgIpc) is 3.22. The van der Waals surface area contributed by atoms with Gasteiger partial charge in [-0.2, -0.15) is 0 Å². The van der Waals surface area contributed by atoms with Gasteiger partial charge in [-0.3, -0.25) is 9.59 Å². The molecule has 1 aliphatic carbocycles. The van der Waals surface area contributed by atoms with Crippen LogP contribution in [0, 0.1) is 5.92 Å². The highest BCUT2D eigenvalue weighted by Gasteiger charge is 2.30. The Morgan fingerprint density at radius 1 is 1.43 bits per heavy atom. The van der Waals surface area contributed by atoms with Crippen LogP contribution in [0.1, 0.15) is 29.6 Å². The van der Waals surface area contributed by atoms with Crippen molar-refractivity contribution in [2.24, 2.45) is 11.7 Å². The Kier molecular flexibility index (Phi) is 4.85. The van der Waals surface area contributed by atoms with Crippen LogP contribution in [0.4, 0.5) is 5.69 Å². The highest BCUT2D eigenvalue weighted by atomic mass is 35.5. The van der Waals surface area contributed by atoms with E-state index in [9.17, 15) is 9.59 Å². The van der Waals surface area contributed by atoms with E-state index in [4.69, 9.17) is 17.3 Å². The van der Waals surface area contributed by atoms with E-state index in [1.165, 1.54) is 4.90 Å². The highest BCUT2D eigenvalue weighted by Crippen LogP contribution is 2.33. The molecule has 1 aromatic rings. The van der Waals surface area contributed by atoms with Gasteiger partial charge in [0.15, 0.2) is 0 Å². The van der Waals surface area contributed by atoms with Crippen molar-refractivity contribution in [2.75, 3.05) is 19.4 Å². The van der Waals surface area contributed by atoms with Crippen LogP contribution < -0.4 is 11.1 Å². The molecule has 0 heterocycles. The zero-order chi connectivity index (χ0) is 15.6. The molecular formula is C15H20ClN3O2. The molecule has 2 rings (SSSR count). The molecule has 5 nitrogen and oxygen atoms in total. The van der Waals surface area contributed by atoms with Gasteiger partial charge >= 0.3 is 0 Å². The summed E-state index contributed by atoms with van der Waals surface area (Å²) in [5, 5.41) is 3.21. The lowest BCUT2D eigenvalue weighted by Crippen LogP contribution is -2.30. The Hall–Kier alpha value is -1.59. The normalized spacial score (nSPS) is 15.4. The number of nitrogens with zero attached hydrogens (tertiary/aromatic N) is 1. The number of amides is 2. The van der Waals surface area contributed by atoms with Crippen LogP contribution in [0.5, 0.6) is 0 Å². The Balaban J connectivity index is 2.11.